The summed E-state index contributed by atoms with van der Waals surface area (Å²) in [4.78, 5) is 4.56. The number of nitriles is 1. The molecule has 0 spiro atoms. The molecule has 2 aromatic carbocycles. The predicted octanol–water partition coefficient (Wildman–Crippen LogP) is 6.08. The molecule has 1 aromatic heterocycles. The lowest BCUT2D eigenvalue weighted by atomic mass is 10.2. The Morgan fingerprint density at radius 3 is 2.54 bits per heavy atom. The summed E-state index contributed by atoms with van der Waals surface area (Å²) in [6.07, 6.45) is 5.62. The highest BCUT2D eigenvalue weighted by Crippen LogP contribution is 2.27. The van der Waals surface area contributed by atoms with E-state index in [1.54, 1.807) is 6.08 Å². The summed E-state index contributed by atoms with van der Waals surface area (Å²) in [6.45, 7) is 0. The Hall–Kier alpha value is -2.67. The monoisotopic (exact) mass is 348 g/mol. The fourth-order valence-electron chi connectivity index (χ4n) is 2.13. The highest BCUT2D eigenvalue weighted by atomic mass is 35.5. The van der Waals surface area contributed by atoms with Crippen LogP contribution in [0.1, 0.15) is 10.6 Å². The first-order valence-electron chi connectivity index (χ1n) is 7.31. The number of thiazole rings is 1. The van der Waals surface area contributed by atoms with Gasteiger partial charge in [-0.3, -0.25) is 0 Å². The number of benzene rings is 2. The van der Waals surface area contributed by atoms with Gasteiger partial charge in [0, 0.05) is 16.0 Å². The molecule has 0 unspecified atom stereocenters. The Morgan fingerprint density at radius 2 is 1.83 bits per heavy atom. The predicted molar refractivity (Wildman–Crippen MR) is 102 cm³/mol. The number of allylic oxidation sites excluding steroid dienone is 3. The zero-order valence-corrected chi connectivity index (χ0v) is 14.3. The molecule has 116 valence electrons. The molecule has 0 radical (unpaired) electrons. The minimum Gasteiger partial charge on any atom is -0.235 e. The van der Waals surface area contributed by atoms with Crippen LogP contribution in [0.15, 0.2) is 72.1 Å². The fraction of sp³-hybridized carbons (Fsp3) is 0. The number of hydrogen-bond acceptors (Lipinski definition) is 3. The molecule has 0 amide bonds. The van der Waals surface area contributed by atoms with Crippen LogP contribution in [0.2, 0.25) is 5.02 Å². The van der Waals surface area contributed by atoms with Crippen LogP contribution in [0.25, 0.3) is 22.9 Å². The molecule has 0 atom stereocenters. The quantitative estimate of drug-likeness (QED) is 0.423. The van der Waals surface area contributed by atoms with E-state index in [1.807, 2.05) is 72.1 Å². The topological polar surface area (TPSA) is 36.7 Å². The second kappa shape index (κ2) is 7.74. The third kappa shape index (κ3) is 3.99. The van der Waals surface area contributed by atoms with E-state index in [9.17, 15) is 5.26 Å². The SMILES string of the molecule is N#C/C(=C\C=C\c1ccccc1)c1nc(-c2ccc(Cl)cc2)cs1. The van der Waals surface area contributed by atoms with Crippen LogP contribution >= 0.6 is 22.9 Å². The molecule has 0 fully saturated rings. The second-order valence-corrected chi connectivity index (χ2v) is 6.30. The third-order valence-electron chi connectivity index (χ3n) is 3.35. The van der Waals surface area contributed by atoms with E-state index < -0.39 is 0 Å². The lowest BCUT2D eigenvalue weighted by molar-refractivity contribution is 1.37. The van der Waals surface area contributed by atoms with Crippen molar-refractivity contribution in [2.24, 2.45) is 0 Å². The molecule has 1 heterocycles. The average Bonchev–Trinajstić information content (AvgIpc) is 3.10. The van der Waals surface area contributed by atoms with Gasteiger partial charge in [0.1, 0.15) is 11.1 Å². The summed E-state index contributed by atoms with van der Waals surface area (Å²) in [5, 5.41) is 12.7. The Morgan fingerprint density at radius 1 is 1.08 bits per heavy atom. The minimum atomic E-state index is 0.549. The molecule has 0 saturated carbocycles. The van der Waals surface area contributed by atoms with Crippen LogP contribution in [-0.2, 0) is 0 Å². The maximum atomic E-state index is 9.39. The van der Waals surface area contributed by atoms with Gasteiger partial charge in [0.15, 0.2) is 0 Å². The van der Waals surface area contributed by atoms with Gasteiger partial charge in [0.05, 0.1) is 11.3 Å². The second-order valence-electron chi connectivity index (χ2n) is 5.01. The van der Waals surface area contributed by atoms with Crippen molar-refractivity contribution in [3.63, 3.8) is 0 Å². The van der Waals surface area contributed by atoms with Crippen molar-refractivity contribution in [3.05, 3.63) is 87.7 Å². The van der Waals surface area contributed by atoms with Crippen LogP contribution in [-0.4, -0.2) is 4.98 Å². The van der Waals surface area contributed by atoms with Crippen molar-refractivity contribution in [2.75, 3.05) is 0 Å². The van der Waals surface area contributed by atoms with E-state index in [1.165, 1.54) is 11.3 Å². The summed E-state index contributed by atoms with van der Waals surface area (Å²) in [5.41, 5.74) is 3.47. The van der Waals surface area contributed by atoms with Crippen LogP contribution in [0.3, 0.4) is 0 Å². The van der Waals surface area contributed by atoms with Crippen molar-refractivity contribution in [1.82, 2.24) is 4.98 Å². The zero-order valence-electron chi connectivity index (χ0n) is 12.7. The molecular formula is C20H13ClN2S. The van der Waals surface area contributed by atoms with E-state index in [2.05, 4.69) is 11.1 Å². The van der Waals surface area contributed by atoms with Crippen molar-refractivity contribution in [1.29, 1.82) is 5.26 Å². The van der Waals surface area contributed by atoms with Gasteiger partial charge < -0.3 is 0 Å². The van der Waals surface area contributed by atoms with E-state index in [0.717, 1.165) is 16.8 Å². The molecule has 4 heteroatoms. The molecular weight excluding hydrogens is 336 g/mol. The normalized spacial score (nSPS) is 11.6. The molecule has 2 nitrogen and oxygen atoms in total. The van der Waals surface area contributed by atoms with Crippen LogP contribution in [0.4, 0.5) is 0 Å². The van der Waals surface area contributed by atoms with Gasteiger partial charge in [-0.05, 0) is 23.8 Å². The van der Waals surface area contributed by atoms with Crippen LogP contribution < -0.4 is 0 Å². The van der Waals surface area contributed by atoms with Crippen LogP contribution in [0, 0.1) is 11.3 Å². The number of hydrogen-bond donors (Lipinski definition) is 0. The molecule has 0 aliphatic carbocycles. The smallest absolute Gasteiger partial charge is 0.134 e. The van der Waals surface area contributed by atoms with E-state index in [0.29, 0.717) is 15.6 Å². The van der Waals surface area contributed by atoms with Gasteiger partial charge in [-0.1, -0.05) is 66.2 Å². The number of halogens is 1. The Balaban J connectivity index is 1.82. The largest absolute Gasteiger partial charge is 0.235 e. The summed E-state index contributed by atoms with van der Waals surface area (Å²) in [5.74, 6) is 0. The van der Waals surface area contributed by atoms with E-state index in [4.69, 9.17) is 11.6 Å². The Kier molecular flexibility index (Phi) is 5.22. The van der Waals surface area contributed by atoms with Gasteiger partial charge in [-0.25, -0.2) is 4.98 Å². The fourth-order valence-corrected chi connectivity index (χ4v) is 3.06. The van der Waals surface area contributed by atoms with E-state index in [-0.39, 0.29) is 0 Å². The Labute approximate surface area is 150 Å². The lowest BCUT2D eigenvalue weighted by Gasteiger charge is -1.96. The lowest BCUT2D eigenvalue weighted by Crippen LogP contribution is -1.81. The maximum Gasteiger partial charge on any atom is 0.134 e. The minimum absolute atomic E-state index is 0.549. The molecule has 0 aliphatic rings. The van der Waals surface area contributed by atoms with Crippen LogP contribution in [0.5, 0.6) is 0 Å². The first-order valence-corrected chi connectivity index (χ1v) is 8.57. The maximum absolute atomic E-state index is 9.39. The zero-order chi connectivity index (χ0) is 16.8. The summed E-state index contributed by atoms with van der Waals surface area (Å²) < 4.78 is 0. The summed E-state index contributed by atoms with van der Waals surface area (Å²) in [6, 6.07) is 19.7. The Bertz CT molecular complexity index is 916. The molecule has 0 saturated heterocycles. The first kappa shape index (κ1) is 16.2. The molecule has 3 aromatic rings. The third-order valence-corrected chi connectivity index (χ3v) is 4.47. The highest BCUT2D eigenvalue weighted by Gasteiger charge is 2.08. The average molecular weight is 349 g/mol. The standard InChI is InChI=1S/C20H13ClN2S/c21-18-11-9-16(10-12-18)19-14-24-20(23-19)17(13-22)8-4-7-15-5-2-1-3-6-15/h1-12,14H/b7-4+,17-8+. The van der Waals surface area contributed by atoms with Gasteiger partial charge in [0.25, 0.3) is 0 Å². The van der Waals surface area contributed by atoms with Gasteiger partial charge >= 0.3 is 0 Å². The molecule has 0 bridgehead atoms. The van der Waals surface area contributed by atoms with Crippen molar-refractivity contribution >= 4 is 34.6 Å². The van der Waals surface area contributed by atoms with Gasteiger partial charge in [-0.15, -0.1) is 11.3 Å². The van der Waals surface area contributed by atoms with Gasteiger partial charge in [-0.2, -0.15) is 5.26 Å². The summed E-state index contributed by atoms with van der Waals surface area (Å²) in [7, 11) is 0. The van der Waals surface area contributed by atoms with Crippen molar-refractivity contribution in [2.45, 2.75) is 0 Å². The van der Waals surface area contributed by atoms with Gasteiger partial charge in [0.2, 0.25) is 0 Å². The number of aromatic nitrogens is 1. The number of nitrogens with zero attached hydrogens (tertiary/aromatic N) is 2. The number of rotatable bonds is 4. The molecule has 24 heavy (non-hydrogen) atoms. The van der Waals surface area contributed by atoms with E-state index >= 15 is 0 Å². The first-order chi connectivity index (χ1) is 11.8. The van der Waals surface area contributed by atoms with Crippen molar-refractivity contribution in [3.8, 4) is 17.3 Å². The highest BCUT2D eigenvalue weighted by molar-refractivity contribution is 7.11. The molecule has 3 rings (SSSR count). The summed E-state index contributed by atoms with van der Waals surface area (Å²) >= 11 is 7.37. The molecule has 0 N–H and O–H groups in total. The van der Waals surface area contributed by atoms with Crippen molar-refractivity contribution < 1.29 is 0 Å². The molecule has 0 aliphatic heterocycles.